The molecule has 1 N–H and O–H groups in total. The molecule has 0 bridgehead atoms. The zero-order chi connectivity index (χ0) is 16.4. The normalized spacial score (nSPS) is 16.7. The Morgan fingerprint density at radius 1 is 1.48 bits per heavy atom. The maximum absolute atomic E-state index is 12.5. The van der Waals surface area contributed by atoms with Gasteiger partial charge < -0.3 is 14.6 Å². The van der Waals surface area contributed by atoms with E-state index in [4.69, 9.17) is 14.6 Å². The molecule has 0 amide bonds. The molecule has 0 spiro atoms. The first-order chi connectivity index (χ1) is 11.1. The van der Waals surface area contributed by atoms with E-state index in [1.165, 1.54) is 9.25 Å². The minimum Gasteiger partial charge on any atom is -0.495 e. The fourth-order valence-electron chi connectivity index (χ4n) is 2.60. The van der Waals surface area contributed by atoms with Crippen LogP contribution in [-0.4, -0.2) is 37.7 Å². The summed E-state index contributed by atoms with van der Waals surface area (Å²) in [6, 6.07) is 3.49. The van der Waals surface area contributed by atoms with Crippen molar-refractivity contribution in [3.63, 3.8) is 0 Å². The second kappa shape index (κ2) is 6.11. The molecule has 0 saturated heterocycles. The van der Waals surface area contributed by atoms with Gasteiger partial charge in [0.1, 0.15) is 11.6 Å². The minimum atomic E-state index is -1.40. The van der Waals surface area contributed by atoms with Gasteiger partial charge in [0.15, 0.2) is 6.23 Å². The molecule has 0 unspecified atom stereocenters. The van der Waals surface area contributed by atoms with Crippen molar-refractivity contribution in [1.82, 2.24) is 19.3 Å². The Bertz CT molecular complexity index is 764. The molecule has 2 aromatic heterocycles. The number of ether oxygens (including phenoxy) is 2. The smallest absolute Gasteiger partial charge is 0.495 e. The summed E-state index contributed by atoms with van der Waals surface area (Å²) in [4.78, 5) is 27.4. The number of carboxylic acid groups (broad SMARTS) is 1. The molecule has 23 heavy (non-hydrogen) atoms. The van der Waals surface area contributed by atoms with Crippen molar-refractivity contribution >= 4 is 6.16 Å². The lowest BCUT2D eigenvalue weighted by Crippen LogP contribution is -2.33. The van der Waals surface area contributed by atoms with E-state index in [-0.39, 0.29) is 6.54 Å². The third-order valence-electron chi connectivity index (χ3n) is 3.66. The van der Waals surface area contributed by atoms with Gasteiger partial charge in [-0.25, -0.2) is 18.8 Å². The summed E-state index contributed by atoms with van der Waals surface area (Å²) in [5.74, 6) is 1.15. The number of aryl methyl sites for hydroxylation is 1. The van der Waals surface area contributed by atoms with Crippen molar-refractivity contribution in [2.75, 3.05) is 7.11 Å². The molecule has 0 radical (unpaired) electrons. The fourth-order valence-corrected chi connectivity index (χ4v) is 2.60. The summed E-state index contributed by atoms with van der Waals surface area (Å²) >= 11 is 0. The van der Waals surface area contributed by atoms with Crippen LogP contribution in [0.1, 0.15) is 30.6 Å². The number of carbonyl (C=O) groups is 1. The fraction of sp³-hybridized carbons (Fsp3) is 0.429. The van der Waals surface area contributed by atoms with Gasteiger partial charge in [0, 0.05) is 12.8 Å². The van der Waals surface area contributed by atoms with E-state index in [9.17, 15) is 9.59 Å². The first-order valence-corrected chi connectivity index (χ1v) is 7.15. The maximum Gasteiger partial charge on any atom is 0.507 e. The molecule has 1 aliphatic heterocycles. The quantitative estimate of drug-likeness (QED) is 0.838. The third kappa shape index (κ3) is 3.03. The van der Waals surface area contributed by atoms with Crippen LogP contribution in [0.25, 0.3) is 0 Å². The number of methoxy groups -OCH3 is 1. The maximum atomic E-state index is 12.5. The number of rotatable bonds is 4. The Balaban J connectivity index is 1.88. The Labute approximate surface area is 131 Å². The molecule has 0 aromatic carbocycles. The van der Waals surface area contributed by atoms with Crippen molar-refractivity contribution < 1.29 is 19.4 Å². The van der Waals surface area contributed by atoms with Crippen LogP contribution < -0.4 is 10.4 Å². The van der Waals surface area contributed by atoms with Crippen molar-refractivity contribution in [2.45, 2.75) is 32.0 Å². The van der Waals surface area contributed by atoms with Gasteiger partial charge in [0.25, 0.3) is 0 Å². The van der Waals surface area contributed by atoms with Crippen molar-refractivity contribution in [3.05, 3.63) is 40.3 Å². The first kappa shape index (κ1) is 15.1. The topological polar surface area (TPSA) is 108 Å². The van der Waals surface area contributed by atoms with Crippen molar-refractivity contribution in [3.8, 4) is 5.75 Å². The van der Waals surface area contributed by atoms with Crippen LogP contribution in [0.15, 0.2) is 23.1 Å². The van der Waals surface area contributed by atoms with Crippen LogP contribution in [0, 0.1) is 0 Å². The number of hydrogen-bond acceptors (Lipinski definition) is 6. The average molecular weight is 320 g/mol. The number of nitrogens with zero attached hydrogens (tertiary/aromatic N) is 4. The lowest BCUT2D eigenvalue weighted by atomic mass is 10.1. The summed E-state index contributed by atoms with van der Waals surface area (Å²) in [6.45, 7) is 0.197. The van der Waals surface area contributed by atoms with Crippen LogP contribution in [-0.2, 0) is 17.7 Å². The Morgan fingerprint density at radius 3 is 2.96 bits per heavy atom. The van der Waals surface area contributed by atoms with Crippen LogP contribution in [0.2, 0.25) is 0 Å². The minimum absolute atomic E-state index is 0.197. The number of fused-ring (bicyclic) bond motifs is 1. The number of hydrogen-bond donors (Lipinski definition) is 1. The SMILES string of the molecule is COc1ccc(Cn2nc3n(c2=O)[C@@H](OC(=O)O)CCC3)nc1. The van der Waals surface area contributed by atoms with Gasteiger partial charge in [-0.3, -0.25) is 4.98 Å². The van der Waals surface area contributed by atoms with Crippen LogP contribution >= 0.6 is 0 Å². The summed E-state index contributed by atoms with van der Waals surface area (Å²) in [6.07, 6.45) is 1.13. The lowest BCUT2D eigenvalue weighted by Gasteiger charge is -2.21. The van der Waals surface area contributed by atoms with Crippen LogP contribution in [0.5, 0.6) is 5.75 Å². The highest BCUT2D eigenvalue weighted by atomic mass is 16.7. The molecule has 1 atom stereocenters. The van der Waals surface area contributed by atoms with Gasteiger partial charge >= 0.3 is 11.8 Å². The molecule has 0 aliphatic carbocycles. The Hall–Kier alpha value is -2.84. The molecule has 9 heteroatoms. The van der Waals surface area contributed by atoms with E-state index in [0.29, 0.717) is 30.1 Å². The summed E-state index contributed by atoms with van der Waals surface area (Å²) in [5, 5.41) is 13.1. The van der Waals surface area contributed by atoms with E-state index in [0.717, 1.165) is 6.42 Å². The van der Waals surface area contributed by atoms with Gasteiger partial charge in [-0.1, -0.05) is 0 Å². The molecule has 1 aliphatic rings. The Kier molecular flexibility index (Phi) is 4.00. The van der Waals surface area contributed by atoms with E-state index < -0.39 is 18.1 Å². The van der Waals surface area contributed by atoms with E-state index in [1.54, 1.807) is 25.4 Å². The van der Waals surface area contributed by atoms with Gasteiger partial charge in [-0.15, -0.1) is 0 Å². The van der Waals surface area contributed by atoms with Gasteiger partial charge in [0.2, 0.25) is 0 Å². The molecule has 0 fully saturated rings. The predicted molar refractivity (Wildman–Crippen MR) is 77.5 cm³/mol. The van der Waals surface area contributed by atoms with Crippen molar-refractivity contribution in [1.29, 1.82) is 0 Å². The molecule has 3 heterocycles. The predicted octanol–water partition coefficient (Wildman–Crippen LogP) is 1.03. The van der Waals surface area contributed by atoms with Gasteiger partial charge in [-0.2, -0.15) is 5.10 Å². The summed E-state index contributed by atoms with van der Waals surface area (Å²) in [5.41, 5.74) is 0.252. The standard InChI is InChI=1S/C14H16N4O5/c1-22-10-6-5-9(15-7-10)8-17-13(19)18-11(16-17)3-2-4-12(18)23-14(20)21/h5-7,12H,2-4,8H2,1H3,(H,20,21)/t12-/m0/s1. The molecule has 122 valence electrons. The second-order valence-electron chi connectivity index (χ2n) is 5.15. The lowest BCUT2D eigenvalue weighted by molar-refractivity contribution is 0.00392. The summed E-state index contributed by atoms with van der Waals surface area (Å²) in [7, 11) is 1.55. The molecule has 0 saturated carbocycles. The Morgan fingerprint density at radius 2 is 2.30 bits per heavy atom. The largest absolute Gasteiger partial charge is 0.507 e. The molecular weight excluding hydrogens is 304 g/mol. The first-order valence-electron chi connectivity index (χ1n) is 7.15. The number of aromatic nitrogens is 4. The molecule has 9 nitrogen and oxygen atoms in total. The van der Waals surface area contributed by atoms with Crippen molar-refractivity contribution in [2.24, 2.45) is 0 Å². The highest BCUT2D eigenvalue weighted by molar-refractivity contribution is 5.56. The summed E-state index contributed by atoms with van der Waals surface area (Å²) < 4.78 is 12.4. The van der Waals surface area contributed by atoms with E-state index in [2.05, 4.69) is 10.1 Å². The van der Waals surface area contributed by atoms with E-state index >= 15 is 0 Å². The third-order valence-corrected chi connectivity index (χ3v) is 3.66. The van der Waals surface area contributed by atoms with Gasteiger partial charge in [-0.05, 0) is 18.6 Å². The second-order valence-corrected chi connectivity index (χ2v) is 5.15. The molecule has 3 rings (SSSR count). The zero-order valence-electron chi connectivity index (χ0n) is 12.5. The highest BCUT2D eigenvalue weighted by Crippen LogP contribution is 2.23. The monoisotopic (exact) mass is 320 g/mol. The zero-order valence-corrected chi connectivity index (χ0v) is 12.5. The average Bonchev–Trinajstić information content (AvgIpc) is 2.85. The van der Waals surface area contributed by atoms with Crippen LogP contribution in [0.3, 0.4) is 0 Å². The van der Waals surface area contributed by atoms with Crippen LogP contribution in [0.4, 0.5) is 4.79 Å². The van der Waals surface area contributed by atoms with Gasteiger partial charge in [0.05, 0.1) is 25.5 Å². The van der Waals surface area contributed by atoms with E-state index in [1.807, 2.05) is 0 Å². The molecular formula is C14H16N4O5. The molecule has 2 aromatic rings. The number of pyridine rings is 1. The highest BCUT2D eigenvalue weighted by Gasteiger charge is 2.28.